The number of nitrogens with one attached hydrogen (secondary N) is 1. The molecule has 0 unspecified atom stereocenters. The van der Waals surface area contributed by atoms with Crippen molar-refractivity contribution in [3.05, 3.63) is 27.0 Å². The van der Waals surface area contributed by atoms with Crippen LogP contribution in [0.4, 0.5) is 5.13 Å². The quantitative estimate of drug-likeness (QED) is 0.935. The van der Waals surface area contributed by atoms with Crippen molar-refractivity contribution in [2.75, 3.05) is 4.72 Å². The first-order chi connectivity index (χ1) is 7.49. The molecule has 86 valence electrons. The molecule has 0 spiro atoms. The van der Waals surface area contributed by atoms with Crippen molar-refractivity contribution in [3.8, 4) is 0 Å². The molecule has 0 aliphatic carbocycles. The number of hydrogen-bond donors (Lipinski definition) is 1. The van der Waals surface area contributed by atoms with Crippen molar-refractivity contribution in [2.24, 2.45) is 0 Å². The molecule has 0 radical (unpaired) electrons. The van der Waals surface area contributed by atoms with E-state index in [1.807, 2.05) is 6.92 Å². The largest absolute Gasteiger partial charge is 0.274 e. The van der Waals surface area contributed by atoms with Gasteiger partial charge in [-0.15, -0.1) is 22.7 Å². The SMILES string of the molecule is Cc1csc(NS(=O)(=O)c2sccc2Br)n1. The van der Waals surface area contributed by atoms with Crippen LogP contribution in [0.25, 0.3) is 0 Å². The molecule has 0 fully saturated rings. The van der Waals surface area contributed by atoms with Gasteiger partial charge in [0.15, 0.2) is 9.34 Å². The summed E-state index contributed by atoms with van der Waals surface area (Å²) in [5, 5.41) is 3.89. The molecule has 2 rings (SSSR count). The fourth-order valence-corrected chi connectivity index (χ4v) is 5.31. The van der Waals surface area contributed by atoms with Crippen LogP contribution in [0.1, 0.15) is 5.69 Å². The molecule has 0 aromatic carbocycles. The van der Waals surface area contributed by atoms with E-state index in [1.165, 1.54) is 11.3 Å². The van der Waals surface area contributed by atoms with Crippen LogP contribution in [0.15, 0.2) is 25.5 Å². The minimum atomic E-state index is -3.52. The van der Waals surface area contributed by atoms with Crippen LogP contribution in [0.5, 0.6) is 0 Å². The summed E-state index contributed by atoms with van der Waals surface area (Å²) in [4.78, 5) is 4.05. The molecule has 0 aliphatic rings. The van der Waals surface area contributed by atoms with Gasteiger partial charge in [0.2, 0.25) is 0 Å². The predicted octanol–water partition coefficient (Wildman–Crippen LogP) is 3.08. The summed E-state index contributed by atoms with van der Waals surface area (Å²) in [7, 11) is -3.52. The van der Waals surface area contributed by atoms with Gasteiger partial charge in [-0.1, -0.05) is 0 Å². The number of anilines is 1. The predicted molar refractivity (Wildman–Crippen MR) is 69.7 cm³/mol. The molecule has 0 bridgehead atoms. The Morgan fingerprint density at radius 3 is 2.69 bits per heavy atom. The van der Waals surface area contributed by atoms with Crippen molar-refractivity contribution >= 4 is 53.8 Å². The Bertz CT molecular complexity index is 602. The summed E-state index contributed by atoms with van der Waals surface area (Å²) in [6.45, 7) is 1.81. The van der Waals surface area contributed by atoms with E-state index in [2.05, 4.69) is 25.6 Å². The zero-order chi connectivity index (χ0) is 11.8. The zero-order valence-electron chi connectivity index (χ0n) is 8.10. The minimum absolute atomic E-state index is 0.264. The maximum absolute atomic E-state index is 11.9. The van der Waals surface area contributed by atoms with Crippen molar-refractivity contribution in [2.45, 2.75) is 11.1 Å². The second-order valence-corrected chi connectivity index (χ2v) is 7.46. The highest BCUT2D eigenvalue weighted by atomic mass is 79.9. The highest BCUT2D eigenvalue weighted by Crippen LogP contribution is 2.29. The van der Waals surface area contributed by atoms with Gasteiger partial charge in [-0.2, -0.15) is 0 Å². The average Bonchev–Trinajstić information content (AvgIpc) is 2.74. The third-order valence-corrected chi connectivity index (χ3v) is 6.68. The molecular formula is C8H7BrN2O2S3. The standard InChI is InChI=1S/C8H7BrN2O2S3/c1-5-4-15-8(10-5)11-16(12,13)7-6(9)2-3-14-7/h2-4H,1H3,(H,10,11). The normalized spacial score (nSPS) is 11.6. The van der Waals surface area contributed by atoms with Gasteiger partial charge in [-0.05, 0) is 34.3 Å². The van der Waals surface area contributed by atoms with E-state index < -0.39 is 10.0 Å². The molecule has 0 saturated carbocycles. The van der Waals surface area contributed by atoms with Crippen LogP contribution >= 0.6 is 38.6 Å². The van der Waals surface area contributed by atoms with Crippen molar-refractivity contribution < 1.29 is 8.42 Å². The Labute approximate surface area is 110 Å². The lowest BCUT2D eigenvalue weighted by Gasteiger charge is -2.02. The number of sulfonamides is 1. The number of aromatic nitrogens is 1. The first-order valence-corrected chi connectivity index (χ1v) is 8.20. The Kier molecular flexibility index (Phi) is 3.34. The topological polar surface area (TPSA) is 59.1 Å². The van der Waals surface area contributed by atoms with E-state index in [4.69, 9.17) is 0 Å². The van der Waals surface area contributed by atoms with E-state index in [1.54, 1.807) is 16.8 Å². The second-order valence-electron chi connectivity index (χ2n) is 2.96. The molecule has 8 heteroatoms. The van der Waals surface area contributed by atoms with Crippen LogP contribution in [-0.2, 0) is 10.0 Å². The van der Waals surface area contributed by atoms with E-state index in [0.717, 1.165) is 17.0 Å². The lowest BCUT2D eigenvalue weighted by molar-refractivity contribution is 0.603. The van der Waals surface area contributed by atoms with Gasteiger partial charge in [0.1, 0.15) is 0 Å². The van der Waals surface area contributed by atoms with E-state index in [-0.39, 0.29) is 4.21 Å². The van der Waals surface area contributed by atoms with Crippen LogP contribution in [-0.4, -0.2) is 13.4 Å². The molecule has 2 aromatic rings. The molecule has 0 saturated heterocycles. The maximum Gasteiger partial charge on any atom is 0.274 e. The van der Waals surface area contributed by atoms with Gasteiger partial charge >= 0.3 is 0 Å². The van der Waals surface area contributed by atoms with Crippen LogP contribution in [0.2, 0.25) is 0 Å². The van der Waals surface area contributed by atoms with E-state index in [0.29, 0.717) is 9.60 Å². The monoisotopic (exact) mass is 338 g/mol. The number of rotatable bonds is 3. The lowest BCUT2D eigenvalue weighted by Crippen LogP contribution is -2.11. The van der Waals surface area contributed by atoms with Crippen molar-refractivity contribution in [3.63, 3.8) is 0 Å². The van der Waals surface area contributed by atoms with Crippen LogP contribution in [0.3, 0.4) is 0 Å². The minimum Gasteiger partial charge on any atom is -0.254 e. The molecule has 2 heterocycles. The smallest absolute Gasteiger partial charge is 0.254 e. The fourth-order valence-electron chi connectivity index (χ4n) is 1.03. The lowest BCUT2D eigenvalue weighted by atomic mass is 10.6. The van der Waals surface area contributed by atoms with Gasteiger partial charge in [-0.25, -0.2) is 13.4 Å². The molecular weight excluding hydrogens is 332 g/mol. The number of hydrogen-bond acceptors (Lipinski definition) is 5. The first-order valence-electron chi connectivity index (χ1n) is 4.17. The summed E-state index contributed by atoms with van der Waals surface area (Å²) in [6, 6.07) is 1.70. The molecule has 4 nitrogen and oxygen atoms in total. The van der Waals surface area contributed by atoms with Gasteiger partial charge < -0.3 is 0 Å². The van der Waals surface area contributed by atoms with Gasteiger partial charge in [-0.3, -0.25) is 4.72 Å². The van der Waals surface area contributed by atoms with E-state index in [9.17, 15) is 8.42 Å². The van der Waals surface area contributed by atoms with Crippen molar-refractivity contribution in [1.29, 1.82) is 0 Å². The number of aryl methyl sites for hydroxylation is 1. The fraction of sp³-hybridized carbons (Fsp3) is 0.125. The summed E-state index contributed by atoms with van der Waals surface area (Å²) in [5.41, 5.74) is 0.799. The number of nitrogens with zero attached hydrogens (tertiary/aromatic N) is 1. The van der Waals surface area contributed by atoms with Crippen molar-refractivity contribution in [1.82, 2.24) is 4.98 Å². The number of thiazole rings is 1. The summed E-state index contributed by atoms with van der Waals surface area (Å²) >= 11 is 5.62. The maximum atomic E-state index is 11.9. The summed E-state index contributed by atoms with van der Waals surface area (Å²) < 4.78 is 27.1. The third kappa shape index (κ3) is 2.45. The first kappa shape index (κ1) is 12.0. The summed E-state index contributed by atoms with van der Waals surface area (Å²) in [6.07, 6.45) is 0. The Morgan fingerprint density at radius 1 is 1.44 bits per heavy atom. The Morgan fingerprint density at radius 2 is 2.19 bits per heavy atom. The highest BCUT2D eigenvalue weighted by molar-refractivity contribution is 9.10. The average molecular weight is 339 g/mol. The molecule has 0 atom stereocenters. The van der Waals surface area contributed by atoms with Gasteiger partial charge in [0.25, 0.3) is 10.0 Å². The number of thiophene rings is 1. The van der Waals surface area contributed by atoms with Crippen LogP contribution in [0, 0.1) is 6.92 Å². The van der Waals surface area contributed by atoms with E-state index >= 15 is 0 Å². The van der Waals surface area contributed by atoms with Gasteiger partial charge in [0.05, 0.1) is 5.69 Å². The number of halogens is 1. The Hall–Kier alpha value is -0.440. The zero-order valence-corrected chi connectivity index (χ0v) is 12.1. The Balaban J connectivity index is 2.31. The molecule has 0 amide bonds. The third-order valence-electron chi connectivity index (χ3n) is 1.67. The molecule has 2 aromatic heterocycles. The molecule has 0 aliphatic heterocycles. The summed E-state index contributed by atoms with van der Waals surface area (Å²) in [5.74, 6) is 0. The van der Waals surface area contributed by atoms with Crippen LogP contribution < -0.4 is 4.72 Å². The molecule has 1 N–H and O–H groups in total. The highest BCUT2D eigenvalue weighted by Gasteiger charge is 2.20. The second kappa shape index (κ2) is 4.44. The molecule has 16 heavy (non-hydrogen) atoms. The van der Waals surface area contributed by atoms with Gasteiger partial charge in [0, 0.05) is 9.85 Å².